The van der Waals surface area contributed by atoms with Crippen LogP contribution in [0.1, 0.15) is 17.3 Å². The van der Waals surface area contributed by atoms with Crippen LogP contribution in [0, 0.1) is 11.8 Å². The molecular weight excluding hydrogens is 322 g/mol. The van der Waals surface area contributed by atoms with E-state index in [1.54, 1.807) is 54.7 Å². The average molecular weight is 337 g/mol. The number of carboxylic acids is 1. The van der Waals surface area contributed by atoms with Gasteiger partial charge >= 0.3 is 5.97 Å². The van der Waals surface area contributed by atoms with Gasteiger partial charge in [0.1, 0.15) is 0 Å². The number of nitrogens with one attached hydrogen (secondary N) is 2. The lowest BCUT2D eigenvalue weighted by Gasteiger charge is -2.30. The Balaban J connectivity index is 1.92. The largest absolute Gasteiger partial charge is 0.480 e. The first kappa shape index (κ1) is 15.5. The van der Waals surface area contributed by atoms with E-state index in [9.17, 15) is 19.5 Å². The van der Waals surface area contributed by atoms with Crippen LogP contribution in [-0.4, -0.2) is 27.9 Å². The number of carbonyl (C=O) groups is 3. The van der Waals surface area contributed by atoms with Gasteiger partial charge in [-0.15, -0.1) is 0 Å². The van der Waals surface area contributed by atoms with Crippen LogP contribution in [0.2, 0.25) is 0 Å². The summed E-state index contributed by atoms with van der Waals surface area (Å²) in [7, 11) is 0. The zero-order valence-electron chi connectivity index (χ0n) is 13.0. The predicted molar refractivity (Wildman–Crippen MR) is 86.0 cm³/mol. The molecular formula is C18H15N3O4. The van der Waals surface area contributed by atoms with E-state index in [-0.39, 0.29) is 0 Å². The average Bonchev–Trinajstić information content (AvgIpc) is 3.14. The molecule has 2 aromatic rings. The highest BCUT2D eigenvalue weighted by atomic mass is 16.4. The molecule has 7 nitrogen and oxygen atoms in total. The minimum absolute atomic E-state index is 0.431. The second-order valence-electron chi connectivity index (χ2n) is 6.21. The standard InChI is InChI=1S/C18H15N3O4/c22-15-12-13(16(23)20-15)18(17(24)25,10-6-2-1-3-7-10)21-14(12)11-8-4-5-9-19-11/h1-9,12-14,21H,(H,24,25)(H,20,22,23). The van der Waals surface area contributed by atoms with E-state index in [2.05, 4.69) is 15.6 Å². The molecule has 4 rings (SSSR count). The van der Waals surface area contributed by atoms with Crippen molar-refractivity contribution in [1.82, 2.24) is 15.6 Å². The zero-order valence-corrected chi connectivity index (χ0v) is 13.0. The maximum Gasteiger partial charge on any atom is 0.329 e. The van der Waals surface area contributed by atoms with Crippen molar-refractivity contribution in [3.05, 3.63) is 66.0 Å². The number of benzene rings is 1. The third-order valence-electron chi connectivity index (χ3n) is 4.97. The van der Waals surface area contributed by atoms with E-state index in [1.807, 2.05) is 0 Å². The molecule has 0 aliphatic carbocycles. The second kappa shape index (κ2) is 5.49. The Morgan fingerprint density at radius 2 is 1.76 bits per heavy atom. The van der Waals surface area contributed by atoms with Gasteiger partial charge in [-0.05, 0) is 17.7 Å². The SMILES string of the molecule is O=C1NC(=O)C2C1C(c1ccccn1)NC2(C(=O)O)c1ccccc1. The van der Waals surface area contributed by atoms with Gasteiger partial charge in [-0.2, -0.15) is 0 Å². The number of rotatable bonds is 3. The molecule has 1 aromatic carbocycles. The van der Waals surface area contributed by atoms with E-state index >= 15 is 0 Å². The maximum atomic E-state index is 12.5. The lowest BCUT2D eigenvalue weighted by Crippen LogP contribution is -2.52. The van der Waals surface area contributed by atoms with Crippen LogP contribution in [0.5, 0.6) is 0 Å². The second-order valence-corrected chi connectivity index (χ2v) is 6.21. The topological polar surface area (TPSA) is 108 Å². The Kier molecular flexibility index (Phi) is 3.40. The number of hydrogen-bond acceptors (Lipinski definition) is 5. The first-order chi connectivity index (χ1) is 12.1. The molecule has 126 valence electrons. The Hall–Kier alpha value is -3.06. The summed E-state index contributed by atoms with van der Waals surface area (Å²) in [6.45, 7) is 0. The normalized spacial score (nSPS) is 30.8. The summed E-state index contributed by atoms with van der Waals surface area (Å²) >= 11 is 0. The molecule has 2 aliphatic rings. The van der Waals surface area contributed by atoms with E-state index in [1.165, 1.54) is 0 Å². The zero-order chi connectivity index (χ0) is 17.6. The molecule has 4 atom stereocenters. The van der Waals surface area contributed by atoms with Gasteiger partial charge in [-0.1, -0.05) is 36.4 Å². The highest BCUT2D eigenvalue weighted by Crippen LogP contribution is 2.50. The number of amides is 2. The van der Waals surface area contributed by atoms with Crippen molar-refractivity contribution < 1.29 is 19.5 Å². The Morgan fingerprint density at radius 1 is 1.04 bits per heavy atom. The number of fused-ring (bicyclic) bond motifs is 1. The molecule has 25 heavy (non-hydrogen) atoms. The van der Waals surface area contributed by atoms with Crippen molar-refractivity contribution in [1.29, 1.82) is 0 Å². The van der Waals surface area contributed by atoms with E-state index in [0.29, 0.717) is 11.3 Å². The van der Waals surface area contributed by atoms with Gasteiger partial charge in [-0.3, -0.25) is 25.2 Å². The van der Waals surface area contributed by atoms with Crippen molar-refractivity contribution in [3.63, 3.8) is 0 Å². The van der Waals surface area contributed by atoms with Gasteiger partial charge in [0.15, 0.2) is 5.54 Å². The number of carbonyl (C=O) groups excluding carboxylic acids is 2. The molecule has 3 heterocycles. The number of nitrogens with zero attached hydrogens (tertiary/aromatic N) is 1. The summed E-state index contributed by atoms with van der Waals surface area (Å²) < 4.78 is 0. The fraction of sp³-hybridized carbons (Fsp3) is 0.222. The molecule has 0 radical (unpaired) electrons. The van der Waals surface area contributed by atoms with Crippen molar-refractivity contribution in [2.75, 3.05) is 0 Å². The van der Waals surface area contributed by atoms with E-state index in [4.69, 9.17) is 0 Å². The van der Waals surface area contributed by atoms with Gasteiger partial charge in [0.05, 0.1) is 23.6 Å². The molecule has 7 heteroatoms. The van der Waals surface area contributed by atoms with Crippen LogP contribution in [-0.2, 0) is 19.9 Å². The van der Waals surface area contributed by atoms with Gasteiger partial charge in [0, 0.05) is 6.20 Å². The minimum atomic E-state index is -1.69. The molecule has 2 amide bonds. The number of hydrogen-bond donors (Lipinski definition) is 3. The van der Waals surface area contributed by atoms with E-state index < -0.39 is 41.2 Å². The maximum absolute atomic E-state index is 12.5. The lowest BCUT2D eigenvalue weighted by atomic mass is 9.75. The molecule has 4 unspecified atom stereocenters. The Labute approximate surface area is 143 Å². The van der Waals surface area contributed by atoms with Crippen molar-refractivity contribution in [2.24, 2.45) is 11.8 Å². The van der Waals surface area contributed by atoms with Crippen LogP contribution in [0.15, 0.2) is 54.7 Å². The molecule has 2 saturated heterocycles. The molecule has 0 saturated carbocycles. The fourth-order valence-electron chi connectivity index (χ4n) is 3.93. The molecule has 2 aliphatic heterocycles. The first-order valence-electron chi connectivity index (χ1n) is 7.88. The van der Waals surface area contributed by atoms with E-state index in [0.717, 1.165) is 0 Å². The molecule has 2 fully saturated rings. The van der Waals surface area contributed by atoms with Crippen LogP contribution in [0.25, 0.3) is 0 Å². The van der Waals surface area contributed by atoms with Crippen molar-refractivity contribution >= 4 is 17.8 Å². The molecule has 0 spiro atoms. The quantitative estimate of drug-likeness (QED) is 0.708. The Bertz CT molecular complexity index is 855. The predicted octanol–water partition coefficient (Wildman–Crippen LogP) is 0.595. The number of aromatic nitrogens is 1. The van der Waals surface area contributed by atoms with Gasteiger partial charge in [-0.25, -0.2) is 4.79 Å². The van der Waals surface area contributed by atoms with Gasteiger partial charge in [0.2, 0.25) is 11.8 Å². The Morgan fingerprint density at radius 3 is 2.40 bits per heavy atom. The number of aliphatic carboxylic acids is 1. The summed E-state index contributed by atoms with van der Waals surface area (Å²) in [5.41, 5.74) is -0.730. The van der Waals surface area contributed by atoms with Crippen molar-refractivity contribution in [2.45, 2.75) is 11.6 Å². The van der Waals surface area contributed by atoms with Crippen LogP contribution in [0.3, 0.4) is 0 Å². The highest BCUT2D eigenvalue weighted by Gasteiger charge is 2.67. The molecule has 0 bridgehead atoms. The lowest BCUT2D eigenvalue weighted by molar-refractivity contribution is -0.149. The van der Waals surface area contributed by atoms with Crippen LogP contribution >= 0.6 is 0 Å². The fourth-order valence-corrected chi connectivity index (χ4v) is 3.93. The van der Waals surface area contributed by atoms with Crippen LogP contribution in [0.4, 0.5) is 0 Å². The third kappa shape index (κ3) is 2.09. The summed E-state index contributed by atoms with van der Waals surface area (Å²) in [5, 5.41) is 15.4. The monoisotopic (exact) mass is 337 g/mol. The summed E-state index contributed by atoms with van der Waals surface area (Å²) in [4.78, 5) is 41.5. The summed E-state index contributed by atoms with van der Waals surface area (Å²) in [5.74, 6) is -4.13. The highest BCUT2D eigenvalue weighted by molar-refractivity contribution is 6.09. The van der Waals surface area contributed by atoms with Crippen LogP contribution < -0.4 is 10.6 Å². The van der Waals surface area contributed by atoms with Gasteiger partial charge < -0.3 is 5.11 Å². The molecule has 1 aromatic heterocycles. The first-order valence-corrected chi connectivity index (χ1v) is 7.88. The third-order valence-corrected chi connectivity index (χ3v) is 4.97. The minimum Gasteiger partial charge on any atom is -0.480 e. The van der Waals surface area contributed by atoms with Gasteiger partial charge in [0.25, 0.3) is 0 Å². The van der Waals surface area contributed by atoms with Crippen molar-refractivity contribution in [3.8, 4) is 0 Å². The smallest absolute Gasteiger partial charge is 0.329 e. The molecule has 3 N–H and O–H groups in total. The number of imide groups is 1. The number of pyridine rings is 1. The number of carboxylic acid groups (broad SMARTS) is 1. The summed E-state index contributed by atoms with van der Waals surface area (Å²) in [6.07, 6.45) is 1.57. The summed E-state index contributed by atoms with van der Waals surface area (Å²) in [6, 6.07) is 13.0.